The number of nitrogens with one attached hydrogen (secondary N) is 1. The van der Waals surface area contributed by atoms with Crippen LogP contribution in [-0.2, 0) is 13.5 Å². The molecular formula is C17H19ClF5N7. The lowest BCUT2D eigenvalue weighted by atomic mass is 10.1. The Morgan fingerprint density at radius 2 is 2.07 bits per heavy atom. The fraction of sp³-hybridized carbons (Fsp3) is 0.588. The number of hydrogen-bond donors (Lipinski definition) is 1. The lowest BCUT2D eigenvalue weighted by Gasteiger charge is -2.28. The van der Waals surface area contributed by atoms with E-state index in [0.717, 1.165) is 6.08 Å². The number of hydrogen-bond acceptors (Lipinski definition) is 6. The summed E-state index contributed by atoms with van der Waals surface area (Å²) >= 11 is 5.95. The maximum atomic E-state index is 13.4. The van der Waals surface area contributed by atoms with Crippen molar-refractivity contribution < 1.29 is 22.0 Å². The van der Waals surface area contributed by atoms with Crippen LogP contribution in [0.3, 0.4) is 0 Å². The van der Waals surface area contributed by atoms with Crippen LogP contribution in [0.1, 0.15) is 25.6 Å². The molecule has 164 valence electrons. The first kappa shape index (κ1) is 21.0. The highest BCUT2D eigenvalue weighted by Gasteiger charge is 2.44. The summed E-state index contributed by atoms with van der Waals surface area (Å²) in [5, 5.41) is 5.41. The second-order valence-corrected chi connectivity index (χ2v) is 7.85. The van der Waals surface area contributed by atoms with Crippen molar-refractivity contribution in [2.75, 3.05) is 18.0 Å². The largest absolute Gasteiger partial charge is 0.420 e. The number of allylic oxidation sites excluding steroid dienone is 3. The molecule has 1 unspecified atom stereocenters. The van der Waals surface area contributed by atoms with E-state index in [2.05, 4.69) is 20.5 Å². The second kappa shape index (κ2) is 7.19. The Kier molecular flexibility index (Phi) is 5.04. The van der Waals surface area contributed by atoms with Gasteiger partial charge in [-0.15, -0.1) is 5.10 Å². The summed E-state index contributed by atoms with van der Waals surface area (Å²) in [7, 11) is 1.65. The number of amidine groups is 1. The quantitative estimate of drug-likeness (QED) is 0.713. The van der Waals surface area contributed by atoms with Gasteiger partial charge in [0, 0.05) is 26.4 Å². The zero-order chi connectivity index (χ0) is 21.8. The van der Waals surface area contributed by atoms with Crippen LogP contribution in [0, 0.1) is 0 Å². The standard InChI is InChI=1S/C17H19ClF5N7/c1-9-11(18)7-10(17(21,22)23)14-24-12(26-30(9)14)3-4-13-25-15(27-28(13)2)29-6-5-16(19,20)8-29/h7,12,26H,3-6,8H2,1-2H3. The molecule has 30 heavy (non-hydrogen) atoms. The molecule has 0 radical (unpaired) electrons. The van der Waals surface area contributed by atoms with Crippen LogP contribution >= 0.6 is 11.6 Å². The number of nitrogens with zero attached hydrogens (tertiary/aromatic N) is 6. The van der Waals surface area contributed by atoms with Crippen molar-refractivity contribution in [1.82, 2.24) is 25.2 Å². The van der Waals surface area contributed by atoms with Crippen LogP contribution in [0.4, 0.5) is 27.9 Å². The predicted octanol–water partition coefficient (Wildman–Crippen LogP) is 3.11. The maximum Gasteiger partial charge on any atom is 0.420 e. The first-order valence-corrected chi connectivity index (χ1v) is 9.65. The Labute approximate surface area is 173 Å². The third kappa shape index (κ3) is 3.89. The van der Waals surface area contributed by atoms with E-state index in [-0.39, 0.29) is 29.8 Å². The average Bonchev–Trinajstić information content (AvgIpc) is 3.32. The molecule has 1 fully saturated rings. The molecule has 4 heterocycles. The highest BCUT2D eigenvalue weighted by molar-refractivity contribution is 6.32. The minimum absolute atomic E-state index is 0.0187. The van der Waals surface area contributed by atoms with Crippen LogP contribution in [0.25, 0.3) is 0 Å². The number of halogens is 6. The number of hydrazine groups is 1. The molecule has 0 amide bonds. The molecule has 0 bridgehead atoms. The Morgan fingerprint density at radius 1 is 1.33 bits per heavy atom. The zero-order valence-corrected chi connectivity index (χ0v) is 16.9. The zero-order valence-electron chi connectivity index (χ0n) is 16.1. The van der Waals surface area contributed by atoms with Gasteiger partial charge >= 0.3 is 6.18 Å². The van der Waals surface area contributed by atoms with Crippen LogP contribution in [0.15, 0.2) is 27.4 Å². The van der Waals surface area contributed by atoms with Crippen LogP contribution in [0.2, 0.25) is 0 Å². The van der Waals surface area contributed by atoms with Crippen LogP contribution in [-0.4, -0.2) is 57.0 Å². The minimum atomic E-state index is -4.59. The molecule has 0 aliphatic carbocycles. The van der Waals surface area contributed by atoms with Gasteiger partial charge in [-0.2, -0.15) is 18.2 Å². The molecule has 1 atom stereocenters. The number of anilines is 1. The van der Waals surface area contributed by atoms with Gasteiger partial charge in [0.1, 0.15) is 17.6 Å². The van der Waals surface area contributed by atoms with Crippen LogP contribution in [0.5, 0.6) is 0 Å². The third-order valence-corrected chi connectivity index (χ3v) is 5.58. The van der Waals surface area contributed by atoms with E-state index in [4.69, 9.17) is 11.6 Å². The molecular weight excluding hydrogens is 433 g/mol. The summed E-state index contributed by atoms with van der Waals surface area (Å²) < 4.78 is 68.4. The Balaban J connectivity index is 1.46. The summed E-state index contributed by atoms with van der Waals surface area (Å²) in [6.07, 6.45) is -3.92. The Bertz CT molecular complexity index is 949. The van der Waals surface area contributed by atoms with Crippen molar-refractivity contribution in [2.45, 2.75) is 44.5 Å². The molecule has 0 saturated carbocycles. The number of alkyl halides is 5. The van der Waals surface area contributed by atoms with E-state index >= 15 is 0 Å². The number of aliphatic imine (C=N–C) groups is 1. The van der Waals surface area contributed by atoms with Gasteiger partial charge in [0.05, 0.1) is 17.3 Å². The lowest BCUT2D eigenvalue weighted by molar-refractivity contribution is -0.0870. The molecule has 1 saturated heterocycles. The van der Waals surface area contributed by atoms with Gasteiger partial charge in [0.25, 0.3) is 5.92 Å². The van der Waals surface area contributed by atoms with Crippen molar-refractivity contribution in [2.24, 2.45) is 12.0 Å². The molecule has 1 aromatic heterocycles. The fourth-order valence-corrected chi connectivity index (χ4v) is 3.75. The molecule has 0 aromatic carbocycles. The summed E-state index contributed by atoms with van der Waals surface area (Å²) in [5.41, 5.74) is 2.42. The average molecular weight is 452 g/mol. The normalized spacial score (nSPS) is 23.8. The van der Waals surface area contributed by atoms with Crippen molar-refractivity contribution in [3.63, 3.8) is 0 Å². The summed E-state index contributed by atoms with van der Waals surface area (Å²) in [4.78, 5) is 9.92. The maximum absolute atomic E-state index is 13.4. The summed E-state index contributed by atoms with van der Waals surface area (Å²) in [6.45, 7) is 1.34. The van der Waals surface area contributed by atoms with Gasteiger partial charge in [-0.05, 0) is 19.4 Å². The van der Waals surface area contributed by atoms with Gasteiger partial charge in [0.15, 0.2) is 5.84 Å². The third-order valence-electron chi connectivity index (χ3n) is 5.20. The molecule has 4 rings (SSSR count). The first-order valence-electron chi connectivity index (χ1n) is 9.27. The van der Waals surface area contributed by atoms with E-state index in [1.54, 1.807) is 14.0 Å². The Morgan fingerprint density at radius 3 is 2.70 bits per heavy atom. The van der Waals surface area contributed by atoms with Gasteiger partial charge in [-0.1, -0.05) is 11.6 Å². The highest BCUT2D eigenvalue weighted by Crippen LogP contribution is 2.36. The van der Waals surface area contributed by atoms with E-state index in [1.165, 1.54) is 14.6 Å². The number of fused-ring (bicyclic) bond motifs is 1. The van der Waals surface area contributed by atoms with Crippen molar-refractivity contribution in [3.05, 3.63) is 28.2 Å². The monoisotopic (exact) mass is 451 g/mol. The number of aryl methyl sites for hydroxylation is 2. The van der Waals surface area contributed by atoms with E-state index in [9.17, 15) is 22.0 Å². The predicted molar refractivity (Wildman–Crippen MR) is 100.0 cm³/mol. The highest BCUT2D eigenvalue weighted by atomic mass is 35.5. The second-order valence-electron chi connectivity index (χ2n) is 7.44. The molecule has 0 spiro atoms. The van der Waals surface area contributed by atoms with Gasteiger partial charge in [-0.3, -0.25) is 9.69 Å². The van der Waals surface area contributed by atoms with Crippen molar-refractivity contribution in [1.29, 1.82) is 0 Å². The molecule has 3 aliphatic rings. The summed E-state index contributed by atoms with van der Waals surface area (Å²) in [5.74, 6) is -2.23. The lowest BCUT2D eigenvalue weighted by Crippen LogP contribution is -2.43. The molecule has 13 heteroatoms. The number of aromatic nitrogens is 3. The SMILES string of the molecule is CC1=C(Cl)C=C(C(F)(F)F)C2=NC(CCc3nc(N4CCC(F)(F)C4)nn3C)NN21. The molecule has 1 N–H and O–H groups in total. The van der Waals surface area contributed by atoms with E-state index in [0.29, 0.717) is 24.4 Å². The first-order chi connectivity index (χ1) is 13.9. The smallest absolute Gasteiger partial charge is 0.333 e. The molecule has 7 nitrogen and oxygen atoms in total. The van der Waals surface area contributed by atoms with Gasteiger partial charge in [0.2, 0.25) is 5.95 Å². The molecule has 1 aromatic rings. The minimum Gasteiger partial charge on any atom is -0.333 e. The van der Waals surface area contributed by atoms with Gasteiger partial charge < -0.3 is 4.90 Å². The number of rotatable bonds is 4. The Hall–Kier alpha value is -2.21. The van der Waals surface area contributed by atoms with E-state index in [1.807, 2.05) is 0 Å². The van der Waals surface area contributed by atoms with Gasteiger partial charge in [-0.25, -0.2) is 19.2 Å². The fourth-order valence-electron chi connectivity index (χ4n) is 3.56. The van der Waals surface area contributed by atoms with Crippen LogP contribution < -0.4 is 10.3 Å². The van der Waals surface area contributed by atoms with Crippen molar-refractivity contribution >= 4 is 23.4 Å². The molecule has 3 aliphatic heterocycles. The van der Waals surface area contributed by atoms with E-state index < -0.39 is 30.4 Å². The topological polar surface area (TPSA) is 61.6 Å². The van der Waals surface area contributed by atoms with Crippen molar-refractivity contribution in [3.8, 4) is 0 Å². The summed E-state index contributed by atoms with van der Waals surface area (Å²) in [6, 6.07) is 0.